The van der Waals surface area contributed by atoms with Crippen molar-refractivity contribution in [2.45, 2.75) is 12.8 Å². The van der Waals surface area contributed by atoms with Crippen molar-refractivity contribution in [2.75, 3.05) is 6.61 Å². The number of ether oxygens (including phenoxy) is 1. The minimum atomic E-state index is -0.581. The van der Waals surface area contributed by atoms with Gasteiger partial charge in [0.1, 0.15) is 11.3 Å². The minimum absolute atomic E-state index is 0.0604. The number of ketones is 1. The van der Waals surface area contributed by atoms with E-state index in [1.54, 1.807) is 35.8 Å². The molecular formula is C19H17NO5. The molecule has 2 N–H and O–H groups in total. The van der Waals surface area contributed by atoms with Gasteiger partial charge in [0, 0.05) is 17.4 Å². The summed E-state index contributed by atoms with van der Waals surface area (Å²) in [6, 6.07) is 15.6. The molecule has 0 saturated heterocycles. The van der Waals surface area contributed by atoms with Crippen molar-refractivity contribution in [1.29, 1.82) is 0 Å². The number of Topliss-reactive ketones (excluding diaryl/α,β-unsaturated/α-hetero) is 1. The van der Waals surface area contributed by atoms with Crippen LogP contribution in [0.5, 0.6) is 5.75 Å². The predicted molar refractivity (Wildman–Crippen MR) is 91.0 cm³/mol. The number of hydrogen-bond acceptors (Lipinski definition) is 5. The second-order valence-corrected chi connectivity index (χ2v) is 5.49. The molecule has 0 radical (unpaired) electrons. The van der Waals surface area contributed by atoms with E-state index in [1.165, 1.54) is 0 Å². The molecule has 0 aliphatic carbocycles. The molecule has 25 heavy (non-hydrogen) atoms. The minimum Gasteiger partial charge on any atom is -0.494 e. The van der Waals surface area contributed by atoms with Gasteiger partial charge in [-0.05, 0) is 42.8 Å². The Kier molecular flexibility index (Phi) is 5.11. The number of benzene rings is 2. The summed E-state index contributed by atoms with van der Waals surface area (Å²) < 4.78 is 11.1. The zero-order valence-corrected chi connectivity index (χ0v) is 13.4. The van der Waals surface area contributed by atoms with E-state index in [0.29, 0.717) is 42.1 Å². The van der Waals surface area contributed by atoms with E-state index in [9.17, 15) is 9.59 Å². The van der Waals surface area contributed by atoms with Crippen LogP contribution in [0.3, 0.4) is 0 Å². The summed E-state index contributed by atoms with van der Waals surface area (Å²) >= 11 is 0. The Hall–Kier alpha value is -3.12. The Morgan fingerprint density at radius 2 is 1.84 bits per heavy atom. The first-order valence-corrected chi connectivity index (χ1v) is 7.86. The third kappa shape index (κ3) is 4.05. The molecule has 128 valence electrons. The van der Waals surface area contributed by atoms with Gasteiger partial charge in [0.15, 0.2) is 11.5 Å². The molecule has 0 fully saturated rings. The van der Waals surface area contributed by atoms with Crippen LogP contribution in [0.15, 0.2) is 59.0 Å². The lowest BCUT2D eigenvalue weighted by atomic mass is 10.1. The highest BCUT2D eigenvalue weighted by Gasteiger charge is 2.12. The van der Waals surface area contributed by atoms with E-state index in [0.717, 1.165) is 5.39 Å². The lowest BCUT2D eigenvalue weighted by molar-refractivity contribution is 0.0706. The maximum absolute atomic E-state index is 12.2. The quantitative estimate of drug-likeness (QED) is 0.297. The first-order chi connectivity index (χ1) is 12.2. The molecule has 1 heterocycles. The largest absolute Gasteiger partial charge is 0.494 e. The van der Waals surface area contributed by atoms with Crippen LogP contribution in [-0.4, -0.2) is 23.5 Å². The fraction of sp³-hybridized carbons (Fsp3) is 0.158. The zero-order valence-electron chi connectivity index (χ0n) is 13.4. The van der Waals surface area contributed by atoms with E-state index >= 15 is 0 Å². The molecule has 0 aliphatic rings. The number of amides is 1. The van der Waals surface area contributed by atoms with Gasteiger partial charge < -0.3 is 9.15 Å². The zero-order chi connectivity index (χ0) is 17.6. The molecule has 0 spiro atoms. The summed E-state index contributed by atoms with van der Waals surface area (Å²) in [5, 5.41) is 9.46. The summed E-state index contributed by atoms with van der Waals surface area (Å²) in [4.78, 5) is 23.4. The third-order valence-electron chi connectivity index (χ3n) is 3.74. The van der Waals surface area contributed by atoms with Crippen LogP contribution >= 0.6 is 0 Å². The average molecular weight is 339 g/mol. The van der Waals surface area contributed by atoms with E-state index in [2.05, 4.69) is 0 Å². The van der Waals surface area contributed by atoms with Crippen molar-refractivity contribution in [3.05, 3.63) is 65.9 Å². The van der Waals surface area contributed by atoms with Gasteiger partial charge >= 0.3 is 0 Å². The highest BCUT2D eigenvalue weighted by Crippen LogP contribution is 2.20. The van der Waals surface area contributed by atoms with Gasteiger partial charge in [0.2, 0.25) is 0 Å². The first-order valence-electron chi connectivity index (χ1n) is 7.86. The number of nitrogens with one attached hydrogen (secondary N) is 1. The Morgan fingerprint density at radius 1 is 1.08 bits per heavy atom. The Bertz CT molecular complexity index is 849. The van der Waals surface area contributed by atoms with Crippen molar-refractivity contribution in [3.63, 3.8) is 0 Å². The molecule has 1 aromatic heterocycles. The normalized spacial score (nSPS) is 10.6. The molecule has 0 atom stereocenters. The van der Waals surface area contributed by atoms with Crippen molar-refractivity contribution in [2.24, 2.45) is 0 Å². The fourth-order valence-corrected chi connectivity index (χ4v) is 2.43. The molecule has 1 amide bonds. The number of carbonyl (C=O) groups is 2. The van der Waals surface area contributed by atoms with Crippen LogP contribution in [0.1, 0.15) is 33.8 Å². The molecule has 0 saturated carbocycles. The maximum Gasteiger partial charge on any atom is 0.274 e. The van der Waals surface area contributed by atoms with Gasteiger partial charge in [-0.2, -0.15) is 0 Å². The number of fused-ring (bicyclic) bond motifs is 1. The van der Waals surface area contributed by atoms with Crippen LogP contribution in [0.4, 0.5) is 0 Å². The van der Waals surface area contributed by atoms with Gasteiger partial charge in [-0.1, -0.05) is 18.2 Å². The summed E-state index contributed by atoms with van der Waals surface area (Å²) in [6.45, 7) is 0.373. The molecule has 2 aromatic carbocycles. The number of para-hydroxylation sites is 1. The van der Waals surface area contributed by atoms with Crippen LogP contribution in [-0.2, 0) is 0 Å². The van der Waals surface area contributed by atoms with Crippen LogP contribution in [0.25, 0.3) is 11.0 Å². The lowest BCUT2D eigenvalue weighted by Crippen LogP contribution is -2.18. The van der Waals surface area contributed by atoms with Gasteiger partial charge in [0.25, 0.3) is 5.91 Å². The van der Waals surface area contributed by atoms with Gasteiger partial charge in [0.05, 0.1) is 6.61 Å². The van der Waals surface area contributed by atoms with Crippen LogP contribution in [0, 0.1) is 0 Å². The number of rotatable bonds is 7. The molecule has 3 aromatic rings. The Labute approximate surface area is 144 Å². The standard InChI is InChI=1S/C19H17NO5/c21-16(18-12-14-4-1-2-6-17(14)25-18)5-3-11-24-15-9-7-13(8-10-15)19(22)20-23/h1-2,4,6-10,12,23H,3,5,11H2,(H,20,22). The molecule has 6 nitrogen and oxygen atoms in total. The maximum atomic E-state index is 12.2. The SMILES string of the molecule is O=C(NO)c1ccc(OCCCC(=O)c2cc3ccccc3o2)cc1. The number of hydroxylamine groups is 1. The van der Waals surface area contributed by atoms with Crippen LogP contribution in [0.2, 0.25) is 0 Å². The summed E-state index contributed by atoms with van der Waals surface area (Å²) in [6.07, 6.45) is 0.875. The second kappa shape index (κ2) is 7.63. The highest BCUT2D eigenvalue weighted by atomic mass is 16.5. The van der Waals surface area contributed by atoms with Gasteiger partial charge in [-0.3, -0.25) is 14.8 Å². The van der Waals surface area contributed by atoms with E-state index in [4.69, 9.17) is 14.4 Å². The fourth-order valence-electron chi connectivity index (χ4n) is 2.43. The molecule has 0 unspecified atom stereocenters. The average Bonchev–Trinajstić information content (AvgIpc) is 3.09. The monoisotopic (exact) mass is 339 g/mol. The van der Waals surface area contributed by atoms with Crippen molar-refractivity contribution < 1.29 is 24.0 Å². The topological polar surface area (TPSA) is 88.8 Å². The molecule has 0 bridgehead atoms. The summed E-state index contributed by atoms with van der Waals surface area (Å²) in [5.74, 6) is 0.309. The number of hydrogen-bond donors (Lipinski definition) is 2. The molecule has 0 aliphatic heterocycles. The van der Waals surface area contributed by atoms with Crippen molar-refractivity contribution >= 4 is 22.7 Å². The van der Waals surface area contributed by atoms with Crippen molar-refractivity contribution in [3.8, 4) is 5.75 Å². The Morgan fingerprint density at radius 3 is 2.56 bits per heavy atom. The molecule has 3 rings (SSSR count). The van der Waals surface area contributed by atoms with Crippen LogP contribution < -0.4 is 10.2 Å². The highest BCUT2D eigenvalue weighted by molar-refractivity contribution is 5.97. The summed E-state index contributed by atoms with van der Waals surface area (Å²) in [5.41, 5.74) is 2.60. The smallest absolute Gasteiger partial charge is 0.274 e. The van der Waals surface area contributed by atoms with E-state index in [1.807, 2.05) is 24.3 Å². The predicted octanol–water partition coefficient (Wildman–Crippen LogP) is 3.59. The molecular weight excluding hydrogens is 322 g/mol. The summed E-state index contributed by atoms with van der Waals surface area (Å²) in [7, 11) is 0. The van der Waals surface area contributed by atoms with E-state index in [-0.39, 0.29) is 5.78 Å². The lowest BCUT2D eigenvalue weighted by Gasteiger charge is -2.06. The third-order valence-corrected chi connectivity index (χ3v) is 3.74. The molecule has 6 heteroatoms. The second-order valence-electron chi connectivity index (χ2n) is 5.49. The van der Waals surface area contributed by atoms with Gasteiger partial charge in [-0.15, -0.1) is 0 Å². The van der Waals surface area contributed by atoms with Gasteiger partial charge in [-0.25, -0.2) is 5.48 Å². The Balaban J connectivity index is 1.47. The first kappa shape index (κ1) is 16.7. The van der Waals surface area contributed by atoms with E-state index < -0.39 is 5.91 Å². The number of furan rings is 1. The van der Waals surface area contributed by atoms with Crippen molar-refractivity contribution in [1.82, 2.24) is 5.48 Å². The number of carbonyl (C=O) groups excluding carboxylic acids is 2.